The molecule has 0 unspecified atom stereocenters. The topological polar surface area (TPSA) is 50.4 Å². The van der Waals surface area contributed by atoms with Gasteiger partial charge in [-0.1, -0.05) is 60.7 Å². The number of ether oxygens (including phenoxy) is 1. The van der Waals surface area contributed by atoms with E-state index in [2.05, 4.69) is 34.9 Å². The third-order valence-corrected chi connectivity index (χ3v) is 5.00. The Morgan fingerprint density at radius 3 is 2.26 bits per heavy atom. The van der Waals surface area contributed by atoms with Gasteiger partial charge in [0.05, 0.1) is 0 Å². The normalized spacial score (nSPS) is 12.2. The van der Waals surface area contributed by atoms with E-state index in [1.54, 1.807) is 0 Å². The summed E-state index contributed by atoms with van der Waals surface area (Å²) in [6.45, 7) is 0.766. The highest BCUT2D eigenvalue weighted by molar-refractivity contribution is 5.79. The minimum Gasteiger partial charge on any atom is -0.449 e. The largest absolute Gasteiger partial charge is 0.449 e. The Balaban J connectivity index is 1.40. The van der Waals surface area contributed by atoms with Crippen LogP contribution in [0.5, 0.6) is 0 Å². The first-order valence-corrected chi connectivity index (χ1v) is 9.12. The summed E-state index contributed by atoms with van der Waals surface area (Å²) in [6, 6.07) is 24.6. The summed E-state index contributed by atoms with van der Waals surface area (Å²) in [4.78, 5) is 12.2. The smallest absolute Gasteiger partial charge is 0.407 e. The van der Waals surface area contributed by atoms with E-state index in [0.717, 1.165) is 11.3 Å². The number of nitrogens with one attached hydrogen (secondary N) is 2. The minimum atomic E-state index is -0.397. The molecule has 0 spiro atoms. The summed E-state index contributed by atoms with van der Waals surface area (Å²) < 4.78 is 5.55. The van der Waals surface area contributed by atoms with Crippen LogP contribution in [-0.4, -0.2) is 19.7 Å². The van der Waals surface area contributed by atoms with Gasteiger partial charge in [-0.05, 0) is 39.9 Å². The third kappa shape index (κ3) is 3.51. The van der Waals surface area contributed by atoms with E-state index in [0.29, 0.717) is 13.2 Å². The van der Waals surface area contributed by atoms with Crippen molar-refractivity contribution in [2.24, 2.45) is 0 Å². The zero-order valence-corrected chi connectivity index (χ0v) is 15.2. The van der Waals surface area contributed by atoms with Gasteiger partial charge in [-0.2, -0.15) is 0 Å². The summed E-state index contributed by atoms with van der Waals surface area (Å²) in [5.74, 6) is 0.0794. The van der Waals surface area contributed by atoms with Crippen molar-refractivity contribution in [2.45, 2.75) is 12.5 Å². The molecule has 0 saturated heterocycles. The standard InChI is InChI=1S/C23H22N2O2/c1-24-17-8-6-7-16(13-17)14-25-23(26)27-15-22-20-11-4-2-9-18(20)19-10-3-5-12-21(19)22/h2-13,22,24H,14-15H2,1H3,(H,25,26). The van der Waals surface area contributed by atoms with Gasteiger partial charge in [-0.15, -0.1) is 0 Å². The van der Waals surface area contributed by atoms with E-state index in [1.807, 2.05) is 55.6 Å². The molecule has 2 N–H and O–H groups in total. The Labute approximate surface area is 159 Å². The third-order valence-electron chi connectivity index (χ3n) is 5.00. The second-order valence-electron chi connectivity index (χ2n) is 6.63. The molecule has 1 aliphatic carbocycles. The Morgan fingerprint density at radius 2 is 1.59 bits per heavy atom. The van der Waals surface area contributed by atoms with Crippen LogP contribution in [0.2, 0.25) is 0 Å². The number of rotatable bonds is 5. The first kappa shape index (κ1) is 17.2. The highest BCUT2D eigenvalue weighted by Gasteiger charge is 2.28. The van der Waals surface area contributed by atoms with Crippen LogP contribution in [0.3, 0.4) is 0 Å². The first-order valence-electron chi connectivity index (χ1n) is 9.12. The van der Waals surface area contributed by atoms with E-state index >= 15 is 0 Å². The molecule has 3 aromatic rings. The van der Waals surface area contributed by atoms with Crippen molar-refractivity contribution in [1.82, 2.24) is 5.32 Å². The second-order valence-corrected chi connectivity index (χ2v) is 6.63. The second kappa shape index (κ2) is 7.54. The van der Waals surface area contributed by atoms with E-state index in [-0.39, 0.29) is 5.92 Å². The number of fused-ring (bicyclic) bond motifs is 3. The van der Waals surface area contributed by atoms with Crippen molar-refractivity contribution in [3.63, 3.8) is 0 Å². The lowest BCUT2D eigenvalue weighted by atomic mass is 9.98. The highest BCUT2D eigenvalue weighted by atomic mass is 16.5. The molecule has 1 aliphatic rings. The van der Waals surface area contributed by atoms with Crippen molar-refractivity contribution < 1.29 is 9.53 Å². The zero-order chi connectivity index (χ0) is 18.6. The summed E-state index contributed by atoms with van der Waals surface area (Å²) in [6.07, 6.45) is -0.397. The summed E-state index contributed by atoms with van der Waals surface area (Å²) >= 11 is 0. The molecular formula is C23H22N2O2. The molecule has 4 rings (SSSR count). The Bertz CT molecular complexity index is 922. The van der Waals surface area contributed by atoms with Crippen molar-refractivity contribution >= 4 is 11.8 Å². The monoisotopic (exact) mass is 358 g/mol. The van der Waals surface area contributed by atoms with Crippen molar-refractivity contribution in [1.29, 1.82) is 0 Å². The molecule has 27 heavy (non-hydrogen) atoms. The molecule has 136 valence electrons. The molecule has 0 aliphatic heterocycles. The molecule has 0 aromatic heterocycles. The van der Waals surface area contributed by atoms with Crippen LogP contribution in [0.4, 0.5) is 10.5 Å². The van der Waals surface area contributed by atoms with Gasteiger partial charge in [0.25, 0.3) is 0 Å². The average molecular weight is 358 g/mol. The molecule has 0 atom stereocenters. The first-order chi connectivity index (χ1) is 13.3. The van der Waals surface area contributed by atoms with E-state index in [1.165, 1.54) is 22.3 Å². The maximum Gasteiger partial charge on any atom is 0.407 e. The van der Waals surface area contributed by atoms with Crippen LogP contribution >= 0.6 is 0 Å². The highest BCUT2D eigenvalue weighted by Crippen LogP contribution is 2.44. The minimum absolute atomic E-state index is 0.0794. The molecule has 1 amide bonds. The van der Waals surface area contributed by atoms with Crippen molar-refractivity contribution in [2.75, 3.05) is 19.0 Å². The van der Waals surface area contributed by atoms with Gasteiger partial charge in [0.1, 0.15) is 6.61 Å². The van der Waals surface area contributed by atoms with Gasteiger partial charge in [0.15, 0.2) is 0 Å². The van der Waals surface area contributed by atoms with Crippen LogP contribution in [-0.2, 0) is 11.3 Å². The number of carbonyl (C=O) groups excluding carboxylic acids is 1. The van der Waals surface area contributed by atoms with Crippen molar-refractivity contribution in [3.05, 3.63) is 89.5 Å². The number of alkyl carbamates (subject to hydrolysis) is 1. The van der Waals surface area contributed by atoms with E-state index < -0.39 is 6.09 Å². The lowest BCUT2D eigenvalue weighted by molar-refractivity contribution is 0.142. The van der Waals surface area contributed by atoms with Crippen molar-refractivity contribution in [3.8, 4) is 11.1 Å². The fourth-order valence-electron chi connectivity index (χ4n) is 3.66. The lowest BCUT2D eigenvalue weighted by Gasteiger charge is -2.14. The molecule has 0 saturated carbocycles. The van der Waals surface area contributed by atoms with Crippen LogP contribution in [0, 0.1) is 0 Å². The molecule has 0 radical (unpaired) electrons. The van der Waals surface area contributed by atoms with Gasteiger partial charge in [0.2, 0.25) is 0 Å². The summed E-state index contributed by atoms with van der Waals surface area (Å²) in [7, 11) is 1.87. The fourth-order valence-corrected chi connectivity index (χ4v) is 3.66. The van der Waals surface area contributed by atoms with Gasteiger partial charge < -0.3 is 15.4 Å². The number of anilines is 1. The maximum atomic E-state index is 12.2. The molecule has 0 bridgehead atoms. The number of hydrogen-bond acceptors (Lipinski definition) is 3. The summed E-state index contributed by atoms with van der Waals surface area (Å²) in [5.41, 5.74) is 6.93. The Morgan fingerprint density at radius 1 is 0.926 bits per heavy atom. The van der Waals surface area contributed by atoms with Crippen LogP contribution in [0.15, 0.2) is 72.8 Å². The predicted octanol–water partition coefficient (Wildman–Crippen LogP) is 4.77. The fraction of sp³-hybridized carbons (Fsp3) is 0.174. The van der Waals surface area contributed by atoms with Crippen LogP contribution in [0.25, 0.3) is 11.1 Å². The molecule has 0 heterocycles. The number of amides is 1. The molecule has 0 fully saturated rings. The number of carbonyl (C=O) groups is 1. The Hall–Kier alpha value is -3.27. The number of hydrogen-bond donors (Lipinski definition) is 2. The Kier molecular flexibility index (Phi) is 4.79. The molecule has 3 aromatic carbocycles. The van der Waals surface area contributed by atoms with E-state index in [4.69, 9.17) is 4.74 Å². The SMILES string of the molecule is CNc1cccc(CNC(=O)OCC2c3ccccc3-c3ccccc32)c1. The average Bonchev–Trinajstić information content (AvgIpc) is 3.05. The quantitative estimate of drug-likeness (QED) is 0.691. The molecule has 4 heteroatoms. The lowest BCUT2D eigenvalue weighted by Crippen LogP contribution is -2.25. The molecular weight excluding hydrogens is 336 g/mol. The van der Waals surface area contributed by atoms with Gasteiger partial charge in [-0.25, -0.2) is 4.79 Å². The van der Waals surface area contributed by atoms with Gasteiger partial charge in [-0.3, -0.25) is 0 Å². The maximum absolute atomic E-state index is 12.2. The van der Waals surface area contributed by atoms with E-state index in [9.17, 15) is 4.79 Å². The zero-order valence-electron chi connectivity index (χ0n) is 15.2. The van der Waals surface area contributed by atoms with Crippen LogP contribution < -0.4 is 10.6 Å². The van der Waals surface area contributed by atoms with Gasteiger partial charge >= 0.3 is 6.09 Å². The van der Waals surface area contributed by atoms with Gasteiger partial charge in [0, 0.05) is 25.2 Å². The van der Waals surface area contributed by atoms with Crippen LogP contribution in [0.1, 0.15) is 22.6 Å². The summed E-state index contributed by atoms with van der Waals surface area (Å²) in [5, 5.41) is 5.93. The predicted molar refractivity (Wildman–Crippen MR) is 108 cm³/mol. The number of benzene rings is 3. The molecule has 4 nitrogen and oxygen atoms in total.